The molecule has 1 aliphatic carbocycles. The third kappa shape index (κ3) is 1.06. The molecule has 0 N–H and O–H groups in total. The first-order valence-electron chi connectivity index (χ1n) is 4.17. The molecule has 2 rings (SSSR count). The number of ether oxygens (including phenoxy) is 1. The van der Waals surface area contributed by atoms with E-state index in [1.54, 1.807) is 0 Å². The van der Waals surface area contributed by atoms with Gasteiger partial charge in [-0.25, -0.2) is 4.79 Å². The number of hydrogen-bond donors (Lipinski definition) is 0. The van der Waals surface area contributed by atoms with Gasteiger partial charge < -0.3 is 4.74 Å². The van der Waals surface area contributed by atoms with E-state index >= 15 is 0 Å². The smallest absolute Gasteiger partial charge is 0.333 e. The van der Waals surface area contributed by atoms with Crippen molar-refractivity contribution in [2.24, 2.45) is 5.92 Å². The Morgan fingerprint density at radius 1 is 1.45 bits per heavy atom. The van der Waals surface area contributed by atoms with Crippen LogP contribution in [0.25, 0.3) is 0 Å². The van der Waals surface area contributed by atoms with Gasteiger partial charge in [-0.05, 0) is 31.6 Å². The second-order valence-electron chi connectivity index (χ2n) is 3.42. The van der Waals surface area contributed by atoms with Gasteiger partial charge in [0.2, 0.25) is 0 Å². The van der Waals surface area contributed by atoms with Gasteiger partial charge in [0.1, 0.15) is 6.10 Å². The second kappa shape index (κ2) is 2.36. The number of hydrogen-bond acceptors (Lipinski definition) is 2. The zero-order valence-electron chi connectivity index (χ0n) is 6.51. The van der Waals surface area contributed by atoms with Crippen molar-refractivity contribution in [1.82, 2.24) is 0 Å². The van der Waals surface area contributed by atoms with Crippen LogP contribution in [0.1, 0.15) is 25.7 Å². The number of fused-ring (bicyclic) bond motifs is 2. The molecule has 2 fully saturated rings. The Morgan fingerprint density at radius 2 is 2.27 bits per heavy atom. The van der Waals surface area contributed by atoms with Gasteiger partial charge in [0.05, 0.1) is 0 Å². The van der Waals surface area contributed by atoms with Gasteiger partial charge in [-0.3, -0.25) is 0 Å². The summed E-state index contributed by atoms with van der Waals surface area (Å²) in [6, 6.07) is 0. The van der Waals surface area contributed by atoms with Gasteiger partial charge in [-0.2, -0.15) is 0 Å². The van der Waals surface area contributed by atoms with E-state index in [1.165, 1.54) is 6.42 Å². The molecular weight excluding hydrogens is 140 g/mol. The minimum Gasteiger partial charge on any atom is -0.459 e. The Bertz CT molecular complexity index is 208. The third-order valence-corrected chi connectivity index (χ3v) is 2.65. The molecule has 11 heavy (non-hydrogen) atoms. The molecule has 0 aromatic heterocycles. The normalized spacial score (nSPS) is 36.7. The molecule has 2 aliphatic rings. The summed E-state index contributed by atoms with van der Waals surface area (Å²) in [5, 5.41) is 0. The van der Waals surface area contributed by atoms with Crippen LogP contribution in [0.4, 0.5) is 0 Å². The fourth-order valence-corrected chi connectivity index (χ4v) is 1.96. The number of esters is 1. The highest BCUT2D eigenvalue weighted by Crippen LogP contribution is 2.35. The average Bonchev–Trinajstić information content (AvgIpc) is 2.01. The van der Waals surface area contributed by atoms with E-state index in [0.717, 1.165) is 19.3 Å². The number of carbonyl (C=O) groups excluding carboxylic acids is 1. The van der Waals surface area contributed by atoms with Crippen LogP contribution in [0, 0.1) is 5.92 Å². The van der Waals surface area contributed by atoms with Crippen molar-refractivity contribution in [2.75, 3.05) is 0 Å². The number of rotatable bonds is 0. The maximum Gasteiger partial charge on any atom is 0.333 e. The van der Waals surface area contributed by atoms with Crippen molar-refractivity contribution in [1.29, 1.82) is 0 Å². The molecule has 2 atom stereocenters. The van der Waals surface area contributed by atoms with Crippen molar-refractivity contribution >= 4 is 5.97 Å². The molecule has 2 bridgehead atoms. The minimum absolute atomic E-state index is 0.161. The van der Waals surface area contributed by atoms with Crippen LogP contribution in [-0.4, -0.2) is 12.1 Å². The van der Waals surface area contributed by atoms with Crippen molar-refractivity contribution in [3.63, 3.8) is 0 Å². The highest BCUT2D eigenvalue weighted by atomic mass is 16.5. The van der Waals surface area contributed by atoms with Gasteiger partial charge in [-0.1, -0.05) is 6.58 Å². The van der Waals surface area contributed by atoms with Gasteiger partial charge in [0.25, 0.3) is 0 Å². The SMILES string of the molecule is C=C1C(=O)O[C@H]2CCC[C@@H]1C2. The fraction of sp³-hybridized carbons (Fsp3) is 0.667. The standard InChI is InChI=1S/C9H12O2/c1-6-7-3-2-4-8(5-7)11-9(6)10/h7-8H,1-5H2/t7-,8+/m1/s1. The lowest BCUT2D eigenvalue weighted by atomic mass is 9.81. The van der Waals surface area contributed by atoms with Crippen LogP contribution in [-0.2, 0) is 9.53 Å². The molecule has 0 radical (unpaired) electrons. The van der Waals surface area contributed by atoms with E-state index in [0.29, 0.717) is 11.5 Å². The van der Waals surface area contributed by atoms with Gasteiger partial charge in [0.15, 0.2) is 0 Å². The molecule has 1 saturated heterocycles. The van der Waals surface area contributed by atoms with Crippen LogP contribution in [0.15, 0.2) is 12.2 Å². The Hall–Kier alpha value is -0.790. The minimum atomic E-state index is -0.161. The summed E-state index contributed by atoms with van der Waals surface area (Å²) in [7, 11) is 0. The van der Waals surface area contributed by atoms with Crippen LogP contribution >= 0.6 is 0 Å². The van der Waals surface area contributed by atoms with Crippen molar-refractivity contribution < 1.29 is 9.53 Å². The summed E-state index contributed by atoms with van der Waals surface area (Å²) in [6.07, 6.45) is 4.58. The maximum atomic E-state index is 11.1. The zero-order chi connectivity index (χ0) is 7.84. The lowest BCUT2D eigenvalue weighted by molar-refractivity contribution is -0.151. The summed E-state index contributed by atoms with van der Waals surface area (Å²) in [5.74, 6) is 0.265. The van der Waals surface area contributed by atoms with E-state index in [2.05, 4.69) is 6.58 Å². The van der Waals surface area contributed by atoms with Gasteiger partial charge in [-0.15, -0.1) is 0 Å². The van der Waals surface area contributed by atoms with Crippen LogP contribution < -0.4 is 0 Å². The quantitative estimate of drug-likeness (QED) is 0.390. The summed E-state index contributed by atoms with van der Waals surface area (Å²) >= 11 is 0. The Morgan fingerprint density at radius 3 is 3.09 bits per heavy atom. The first-order chi connectivity index (χ1) is 5.27. The third-order valence-electron chi connectivity index (χ3n) is 2.65. The molecule has 0 amide bonds. The second-order valence-corrected chi connectivity index (χ2v) is 3.42. The Kier molecular flexibility index (Phi) is 1.48. The Balaban J connectivity index is 2.17. The molecule has 1 aliphatic heterocycles. The van der Waals surface area contributed by atoms with Crippen molar-refractivity contribution in [3.05, 3.63) is 12.2 Å². The monoisotopic (exact) mass is 152 g/mol. The van der Waals surface area contributed by atoms with E-state index < -0.39 is 0 Å². The highest BCUT2D eigenvalue weighted by molar-refractivity contribution is 5.89. The lowest BCUT2D eigenvalue weighted by Gasteiger charge is -2.34. The molecule has 0 aromatic rings. The van der Waals surface area contributed by atoms with E-state index in [1.807, 2.05) is 0 Å². The fourth-order valence-electron chi connectivity index (χ4n) is 1.96. The summed E-state index contributed by atoms with van der Waals surface area (Å²) in [4.78, 5) is 11.1. The first kappa shape index (κ1) is 6.89. The highest BCUT2D eigenvalue weighted by Gasteiger charge is 2.34. The predicted molar refractivity (Wildman–Crippen MR) is 41.0 cm³/mol. The average molecular weight is 152 g/mol. The van der Waals surface area contributed by atoms with Crippen molar-refractivity contribution in [2.45, 2.75) is 31.8 Å². The predicted octanol–water partition coefficient (Wildman–Crippen LogP) is 1.66. The van der Waals surface area contributed by atoms with Crippen molar-refractivity contribution in [3.8, 4) is 0 Å². The molecule has 1 saturated carbocycles. The molecule has 2 heteroatoms. The van der Waals surface area contributed by atoms with Crippen LogP contribution in [0.3, 0.4) is 0 Å². The molecular formula is C9H12O2. The molecule has 0 spiro atoms. The zero-order valence-corrected chi connectivity index (χ0v) is 6.51. The maximum absolute atomic E-state index is 11.1. The summed E-state index contributed by atoms with van der Waals surface area (Å²) < 4.78 is 5.13. The van der Waals surface area contributed by atoms with E-state index in [-0.39, 0.29) is 12.1 Å². The van der Waals surface area contributed by atoms with Gasteiger partial charge >= 0.3 is 5.97 Å². The van der Waals surface area contributed by atoms with E-state index in [9.17, 15) is 4.79 Å². The molecule has 2 nitrogen and oxygen atoms in total. The summed E-state index contributed by atoms with van der Waals surface area (Å²) in [6.45, 7) is 3.74. The van der Waals surface area contributed by atoms with Crippen LogP contribution in [0.5, 0.6) is 0 Å². The largest absolute Gasteiger partial charge is 0.459 e. The Labute approximate surface area is 66.2 Å². The molecule has 0 unspecified atom stereocenters. The topological polar surface area (TPSA) is 26.3 Å². The molecule has 0 aromatic carbocycles. The van der Waals surface area contributed by atoms with E-state index in [4.69, 9.17) is 4.74 Å². The first-order valence-corrected chi connectivity index (χ1v) is 4.17. The lowest BCUT2D eigenvalue weighted by Crippen LogP contribution is -2.34. The van der Waals surface area contributed by atoms with Crippen LogP contribution in [0.2, 0.25) is 0 Å². The summed E-state index contributed by atoms with van der Waals surface area (Å²) in [5.41, 5.74) is 0.695. The molecule has 1 heterocycles. The molecule has 60 valence electrons. The van der Waals surface area contributed by atoms with Gasteiger partial charge in [0, 0.05) is 5.57 Å². The number of carbonyl (C=O) groups is 1.